The normalized spacial score (nSPS) is 13.7. The number of nitrogens with one attached hydrogen (secondary N) is 2. The highest BCUT2D eigenvalue weighted by molar-refractivity contribution is 14.0. The number of thiophene rings is 1. The Labute approximate surface area is 157 Å². The Morgan fingerprint density at radius 2 is 2.04 bits per heavy atom. The molecule has 1 aliphatic heterocycles. The summed E-state index contributed by atoms with van der Waals surface area (Å²) in [5.74, 6) is 2.29. The Hall–Kier alpha value is -1.48. The van der Waals surface area contributed by atoms with Gasteiger partial charge in [0.25, 0.3) is 0 Å². The summed E-state index contributed by atoms with van der Waals surface area (Å²) in [6.45, 7) is 2.12. The molecule has 1 aliphatic rings. The molecule has 0 spiro atoms. The van der Waals surface area contributed by atoms with E-state index in [4.69, 9.17) is 9.47 Å². The van der Waals surface area contributed by atoms with Crippen LogP contribution in [0.25, 0.3) is 0 Å². The van der Waals surface area contributed by atoms with Gasteiger partial charge < -0.3 is 20.1 Å². The van der Waals surface area contributed by atoms with Gasteiger partial charge >= 0.3 is 0 Å². The van der Waals surface area contributed by atoms with Gasteiger partial charge in [-0.1, -0.05) is 0 Å². The predicted molar refractivity (Wildman–Crippen MR) is 106 cm³/mol. The second-order valence-electron chi connectivity index (χ2n) is 4.89. The third-order valence-corrected chi connectivity index (χ3v) is 4.01. The van der Waals surface area contributed by atoms with Gasteiger partial charge in [0, 0.05) is 31.8 Å². The molecule has 2 aromatic rings. The number of ether oxygens (including phenoxy) is 2. The third kappa shape index (κ3) is 5.00. The van der Waals surface area contributed by atoms with Crippen molar-refractivity contribution >= 4 is 47.0 Å². The number of fused-ring (bicyclic) bond motifs is 1. The maximum absolute atomic E-state index is 5.70. The van der Waals surface area contributed by atoms with E-state index in [0.717, 1.165) is 36.1 Å². The molecule has 5 nitrogen and oxygen atoms in total. The summed E-state index contributed by atoms with van der Waals surface area (Å²) < 4.78 is 11.3. The second kappa shape index (κ2) is 8.97. The van der Waals surface area contributed by atoms with Crippen LogP contribution in [-0.4, -0.2) is 26.2 Å². The van der Waals surface area contributed by atoms with E-state index < -0.39 is 0 Å². The molecule has 0 aliphatic carbocycles. The molecule has 23 heavy (non-hydrogen) atoms. The van der Waals surface area contributed by atoms with E-state index in [0.29, 0.717) is 13.2 Å². The van der Waals surface area contributed by atoms with Crippen molar-refractivity contribution in [1.82, 2.24) is 5.32 Å². The van der Waals surface area contributed by atoms with Crippen LogP contribution < -0.4 is 20.1 Å². The van der Waals surface area contributed by atoms with Gasteiger partial charge in [0.05, 0.1) is 13.2 Å². The predicted octanol–water partition coefficient (Wildman–Crippen LogP) is 3.71. The van der Waals surface area contributed by atoms with Crippen molar-refractivity contribution in [2.75, 3.05) is 25.6 Å². The maximum atomic E-state index is 5.70. The molecule has 0 amide bonds. The van der Waals surface area contributed by atoms with Crippen molar-refractivity contribution in [2.45, 2.75) is 13.0 Å². The molecular weight excluding hydrogens is 425 g/mol. The average Bonchev–Trinajstić information content (AvgIpc) is 2.95. The molecule has 0 radical (unpaired) electrons. The highest BCUT2D eigenvalue weighted by Crippen LogP contribution is 2.32. The monoisotopic (exact) mass is 445 g/mol. The lowest BCUT2D eigenvalue weighted by molar-refractivity contribution is 0.297. The van der Waals surface area contributed by atoms with Crippen LogP contribution in [0.2, 0.25) is 0 Å². The Bertz CT molecular complexity index is 647. The minimum atomic E-state index is 0. The third-order valence-electron chi connectivity index (χ3n) is 3.27. The van der Waals surface area contributed by atoms with E-state index in [1.54, 1.807) is 18.4 Å². The largest absolute Gasteiger partial charge is 0.490 e. The summed E-state index contributed by atoms with van der Waals surface area (Å²) in [5, 5.41) is 10.7. The molecule has 7 heteroatoms. The van der Waals surface area contributed by atoms with Crippen molar-refractivity contribution in [3.05, 3.63) is 40.6 Å². The number of hydrogen-bond donors (Lipinski definition) is 2. The molecule has 0 bridgehead atoms. The average molecular weight is 445 g/mol. The SMILES string of the molecule is CN=C(NCc1ccsc1)Nc1ccc2c(c1)OCCCO2.I. The number of hydrogen-bond acceptors (Lipinski definition) is 4. The van der Waals surface area contributed by atoms with E-state index in [2.05, 4.69) is 32.5 Å². The van der Waals surface area contributed by atoms with Crippen molar-refractivity contribution in [3.8, 4) is 11.5 Å². The fourth-order valence-corrected chi connectivity index (χ4v) is 2.80. The van der Waals surface area contributed by atoms with Crippen LogP contribution in [0, 0.1) is 0 Å². The molecule has 2 N–H and O–H groups in total. The minimum absolute atomic E-state index is 0. The van der Waals surface area contributed by atoms with Gasteiger partial charge in [0.15, 0.2) is 17.5 Å². The first kappa shape index (κ1) is 17.9. The van der Waals surface area contributed by atoms with Gasteiger partial charge in [-0.3, -0.25) is 4.99 Å². The molecule has 0 atom stereocenters. The molecular formula is C16H20IN3O2S. The first-order valence-corrected chi connectivity index (χ1v) is 8.18. The standard InChI is InChI=1S/C16H19N3O2S.HI/c1-17-16(18-10-12-5-8-22-11-12)19-13-3-4-14-15(9-13)21-7-2-6-20-14;/h3-5,8-9,11H,2,6-7,10H2,1H3,(H2,17,18,19);1H. The molecule has 1 aromatic heterocycles. The number of benzene rings is 1. The lowest BCUT2D eigenvalue weighted by Gasteiger charge is -2.13. The number of nitrogens with zero attached hydrogens (tertiary/aromatic N) is 1. The summed E-state index contributed by atoms with van der Waals surface area (Å²) in [7, 11) is 1.76. The molecule has 1 aromatic carbocycles. The molecule has 2 heterocycles. The summed E-state index contributed by atoms with van der Waals surface area (Å²) >= 11 is 1.69. The van der Waals surface area contributed by atoms with Crippen molar-refractivity contribution in [1.29, 1.82) is 0 Å². The number of rotatable bonds is 3. The van der Waals surface area contributed by atoms with Crippen LogP contribution in [0.3, 0.4) is 0 Å². The zero-order chi connectivity index (χ0) is 15.2. The van der Waals surface area contributed by atoms with Gasteiger partial charge in [0.2, 0.25) is 0 Å². The number of halogens is 1. The van der Waals surface area contributed by atoms with Crippen molar-refractivity contribution < 1.29 is 9.47 Å². The summed E-state index contributed by atoms with van der Waals surface area (Å²) in [6.07, 6.45) is 0.904. The molecule has 3 rings (SSSR count). The van der Waals surface area contributed by atoms with Crippen LogP contribution in [0.4, 0.5) is 5.69 Å². The Morgan fingerprint density at radius 3 is 2.78 bits per heavy atom. The van der Waals surface area contributed by atoms with Crippen LogP contribution in [-0.2, 0) is 6.54 Å². The summed E-state index contributed by atoms with van der Waals surface area (Å²) in [4.78, 5) is 4.24. The summed E-state index contributed by atoms with van der Waals surface area (Å²) in [5.41, 5.74) is 2.16. The van der Waals surface area contributed by atoms with Gasteiger partial charge in [-0.25, -0.2) is 0 Å². The fraction of sp³-hybridized carbons (Fsp3) is 0.312. The summed E-state index contributed by atoms with van der Waals surface area (Å²) in [6, 6.07) is 7.93. The first-order valence-electron chi connectivity index (χ1n) is 7.23. The van der Waals surface area contributed by atoms with E-state index in [9.17, 15) is 0 Å². The van der Waals surface area contributed by atoms with Crippen molar-refractivity contribution in [2.24, 2.45) is 4.99 Å². The Kier molecular flexibility index (Phi) is 6.97. The molecule has 0 fully saturated rings. The van der Waals surface area contributed by atoms with E-state index in [-0.39, 0.29) is 24.0 Å². The van der Waals surface area contributed by atoms with E-state index in [1.807, 2.05) is 18.2 Å². The molecule has 0 saturated carbocycles. The smallest absolute Gasteiger partial charge is 0.195 e. The number of anilines is 1. The van der Waals surface area contributed by atoms with E-state index in [1.165, 1.54) is 5.56 Å². The Balaban J connectivity index is 0.00000192. The highest BCUT2D eigenvalue weighted by atomic mass is 127. The fourth-order valence-electron chi connectivity index (χ4n) is 2.14. The number of guanidine groups is 1. The maximum Gasteiger partial charge on any atom is 0.195 e. The highest BCUT2D eigenvalue weighted by Gasteiger charge is 2.11. The molecule has 0 saturated heterocycles. The van der Waals surface area contributed by atoms with Gasteiger partial charge in [0.1, 0.15) is 0 Å². The number of aliphatic imine (C=N–C) groups is 1. The molecule has 124 valence electrons. The lowest BCUT2D eigenvalue weighted by Crippen LogP contribution is -2.30. The van der Waals surface area contributed by atoms with Crippen LogP contribution in [0.1, 0.15) is 12.0 Å². The van der Waals surface area contributed by atoms with Crippen LogP contribution in [0.5, 0.6) is 11.5 Å². The topological polar surface area (TPSA) is 54.9 Å². The zero-order valence-corrected chi connectivity index (χ0v) is 16.0. The van der Waals surface area contributed by atoms with E-state index >= 15 is 0 Å². The zero-order valence-electron chi connectivity index (χ0n) is 12.9. The van der Waals surface area contributed by atoms with Gasteiger partial charge in [-0.05, 0) is 34.5 Å². The minimum Gasteiger partial charge on any atom is -0.490 e. The first-order chi connectivity index (χ1) is 10.8. The van der Waals surface area contributed by atoms with Gasteiger partial charge in [-0.2, -0.15) is 11.3 Å². The van der Waals surface area contributed by atoms with Crippen molar-refractivity contribution in [3.63, 3.8) is 0 Å². The van der Waals surface area contributed by atoms with Crippen LogP contribution in [0.15, 0.2) is 40.0 Å². The quantitative estimate of drug-likeness (QED) is 0.430. The Morgan fingerprint density at radius 1 is 1.22 bits per heavy atom. The molecule has 0 unspecified atom stereocenters. The van der Waals surface area contributed by atoms with Gasteiger partial charge in [-0.15, -0.1) is 24.0 Å². The lowest BCUT2D eigenvalue weighted by atomic mass is 10.2. The second-order valence-corrected chi connectivity index (χ2v) is 5.67. The van der Waals surface area contributed by atoms with Crippen LogP contribution >= 0.6 is 35.3 Å².